The highest BCUT2D eigenvalue weighted by Gasteiger charge is 2.15. The van der Waals surface area contributed by atoms with Crippen molar-refractivity contribution in [3.63, 3.8) is 0 Å². The van der Waals surface area contributed by atoms with Crippen LogP contribution in [-0.4, -0.2) is 24.2 Å². The Hall–Kier alpha value is -2.90. The molecule has 0 fully saturated rings. The highest BCUT2D eigenvalue weighted by Crippen LogP contribution is 2.24. The molecule has 0 heterocycles. The van der Waals surface area contributed by atoms with Crippen molar-refractivity contribution in [1.29, 1.82) is 0 Å². The van der Waals surface area contributed by atoms with Crippen molar-refractivity contribution in [2.24, 2.45) is 5.92 Å². The van der Waals surface area contributed by atoms with E-state index in [9.17, 15) is 4.79 Å². The molecule has 0 spiro atoms. The van der Waals surface area contributed by atoms with E-state index in [-0.39, 0.29) is 11.0 Å². The largest absolute Gasteiger partial charge is 0.493 e. The zero-order valence-corrected chi connectivity index (χ0v) is 21.0. The van der Waals surface area contributed by atoms with Gasteiger partial charge in [0.2, 0.25) is 0 Å². The van der Waals surface area contributed by atoms with Crippen LogP contribution in [0.15, 0.2) is 77.3 Å². The molecule has 0 aliphatic carbocycles. The summed E-state index contributed by atoms with van der Waals surface area (Å²) in [6.07, 6.45) is 0.843. The van der Waals surface area contributed by atoms with E-state index in [4.69, 9.17) is 21.7 Å². The van der Waals surface area contributed by atoms with Crippen LogP contribution in [0.3, 0.4) is 0 Å². The number of anilines is 1. The maximum absolute atomic E-state index is 12.8. The molecule has 33 heavy (non-hydrogen) atoms. The molecule has 3 rings (SSSR count). The van der Waals surface area contributed by atoms with Gasteiger partial charge in [0.25, 0.3) is 5.91 Å². The van der Waals surface area contributed by atoms with Crippen molar-refractivity contribution in [3.8, 4) is 11.5 Å². The second-order valence-corrected chi connectivity index (χ2v) is 9.19. The number of hydrogen-bond acceptors (Lipinski definition) is 4. The Morgan fingerprint density at radius 3 is 2.42 bits per heavy atom. The van der Waals surface area contributed by atoms with Gasteiger partial charge in [-0.25, -0.2) is 0 Å². The summed E-state index contributed by atoms with van der Waals surface area (Å²) in [4.78, 5) is 12.8. The van der Waals surface area contributed by atoms with Crippen LogP contribution in [0.1, 0.15) is 29.8 Å². The number of nitrogens with one attached hydrogen (secondary N) is 2. The normalized spacial score (nSPS) is 10.5. The van der Waals surface area contributed by atoms with Gasteiger partial charge in [-0.1, -0.05) is 60.1 Å². The van der Waals surface area contributed by atoms with E-state index in [2.05, 4.69) is 52.5 Å². The zero-order chi connectivity index (χ0) is 23.6. The van der Waals surface area contributed by atoms with Crippen LogP contribution in [0.4, 0.5) is 5.69 Å². The summed E-state index contributed by atoms with van der Waals surface area (Å²) in [5.74, 6) is 1.29. The molecular formula is C26H27BrN2O3S. The molecule has 2 N–H and O–H groups in total. The lowest BCUT2D eigenvalue weighted by molar-refractivity contribution is 0.0973. The fraction of sp³-hybridized carbons (Fsp3) is 0.231. The summed E-state index contributed by atoms with van der Waals surface area (Å²) < 4.78 is 12.4. The molecular weight excluding hydrogens is 500 g/mol. The Balaban J connectivity index is 1.52. The van der Waals surface area contributed by atoms with Crippen LogP contribution < -0.4 is 20.1 Å². The Morgan fingerprint density at radius 1 is 1.00 bits per heavy atom. The molecule has 5 nitrogen and oxygen atoms in total. The second kappa shape index (κ2) is 12.4. The lowest BCUT2D eigenvalue weighted by Gasteiger charge is -2.15. The quantitative estimate of drug-likeness (QED) is 0.323. The number of hydrogen-bond donors (Lipinski definition) is 2. The third-order valence-electron chi connectivity index (χ3n) is 4.60. The van der Waals surface area contributed by atoms with Crippen molar-refractivity contribution in [3.05, 3.63) is 88.4 Å². The molecule has 0 saturated heterocycles. The summed E-state index contributed by atoms with van der Waals surface area (Å²) in [6.45, 7) is 5.22. The molecule has 0 atom stereocenters. The number of carbonyl (C=O) groups excluding carboxylic acids is 1. The molecule has 0 aliphatic heterocycles. The third-order valence-corrected chi connectivity index (χ3v) is 5.30. The first kappa shape index (κ1) is 24.7. The third kappa shape index (κ3) is 8.18. The molecule has 172 valence electrons. The van der Waals surface area contributed by atoms with E-state index >= 15 is 0 Å². The first-order chi connectivity index (χ1) is 15.9. The second-order valence-electron chi connectivity index (χ2n) is 7.86. The molecule has 7 heteroatoms. The predicted octanol–water partition coefficient (Wildman–Crippen LogP) is 6.23. The highest BCUT2D eigenvalue weighted by molar-refractivity contribution is 9.10. The number of rotatable bonds is 9. The standard InChI is InChI=1S/C26H27BrN2O3S/c1-18(2)17-32-24-13-8-20(27)16-23(24)25(30)29-26(33)28-21-9-11-22(12-10-21)31-15-14-19-6-4-3-5-7-19/h3-13,16,18H,14-15,17H2,1-2H3,(H2,28,29,30,33). The van der Waals surface area contributed by atoms with Crippen molar-refractivity contribution in [2.75, 3.05) is 18.5 Å². The number of thiocarbonyl (C=S) groups is 1. The smallest absolute Gasteiger partial charge is 0.261 e. The predicted molar refractivity (Wildman–Crippen MR) is 140 cm³/mol. The average Bonchev–Trinajstić information content (AvgIpc) is 2.80. The molecule has 3 aromatic rings. The lowest BCUT2D eigenvalue weighted by atomic mass is 10.2. The summed E-state index contributed by atoms with van der Waals surface area (Å²) >= 11 is 8.73. The van der Waals surface area contributed by atoms with Crippen LogP contribution in [-0.2, 0) is 6.42 Å². The van der Waals surface area contributed by atoms with Crippen LogP contribution in [0.2, 0.25) is 0 Å². The van der Waals surface area contributed by atoms with Gasteiger partial charge < -0.3 is 14.8 Å². The van der Waals surface area contributed by atoms with Crippen molar-refractivity contribution < 1.29 is 14.3 Å². The summed E-state index contributed by atoms with van der Waals surface area (Å²) in [7, 11) is 0. The summed E-state index contributed by atoms with van der Waals surface area (Å²) in [5.41, 5.74) is 2.40. The minimum atomic E-state index is -0.339. The topological polar surface area (TPSA) is 59.6 Å². The Morgan fingerprint density at radius 2 is 1.73 bits per heavy atom. The maximum atomic E-state index is 12.8. The average molecular weight is 527 g/mol. The number of ether oxygens (including phenoxy) is 2. The van der Waals surface area contributed by atoms with Crippen molar-refractivity contribution in [2.45, 2.75) is 20.3 Å². The summed E-state index contributed by atoms with van der Waals surface area (Å²) in [5, 5.41) is 5.95. The van der Waals surface area contributed by atoms with E-state index in [1.54, 1.807) is 12.1 Å². The molecule has 3 aromatic carbocycles. The van der Waals surface area contributed by atoms with Crippen LogP contribution >= 0.6 is 28.1 Å². The van der Waals surface area contributed by atoms with Gasteiger partial charge in [-0.15, -0.1) is 0 Å². The van der Waals surface area contributed by atoms with Gasteiger partial charge in [0.15, 0.2) is 5.11 Å². The van der Waals surface area contributed by atoms with Gasteiger partial charge in [-0.2, -0.15) is 0 Å². The SMILES string of the molecule is CC(C)COc1ccc(Br)cc1C(=O)NC(=S)Nc1ccc(OCCc2ccccc2)cc1. The van der Waals surface area contributed by atoms with Gasteiger partial charge in [-0.3, -0.25) is 10.1 Å². The van der Waals surface area contributed by atoms with Gasteiger partial charge in [0.05, 0.1) is 18.8 Å². The number of carbonyl (C=O) groups is 1. The first-order valence-electron chi connectivity index (χ1n) is 10.7. The molecule has 0 aliphatic rings. The van der Waals surface area contributed by atoms with Crippen LogP contribution in [0, 0.1) is 5.92 Å². The monoisotopic (exact) mass is 526 g/mol. The molecule has 0 bridgehead atoms. The minimum Gasteiger partial charge on any atom is -0.493 e. The highest BCUT2D eigenvalue weighted by atomic mass is 79.9. The van der Waals surface area contributed by atoms with E-state index < -0.39 is 0 Å². The lowest BCUT2D eigenvalue weighted by Crippen LogP contribution is -2.34. The van der Waals surface area contributed by atoms with Gasteiger partial charge >= 0.3 is 0 Å². The molecule has 1 amide bonds. The Bertz CT molecular complexity index is 1070. The number of amides is 1. The van der Waals surface area contributed by atoms with Crippen molar-refractivity contribution >= 4 is 44.9 Å². The minimum absolute atomic E-state index is 0.201. The fourth-order valence-electron chi connectivity index (χ4n) is 2.96. The zero-order valence-electron chi connectivity index (χ0n) is 18.6. The van der Waals surface area contributed by atoms with Gasteiger partial charge in [-0.05, 0) is 66.2 Å². The van der Waals surface area contributed by atoms with E-state index in [0.717, 1.165) is 22.3 Å². The van der Waals surface area contributed by atoms with Crippen LogP contribution in [0.5, 0.6) is 11.5 Å². The molecule has 0 saturated carbocycles. The number of benzene rings is 3. The van der Waals surface area contributed by atoms with E-state index in [0.29, 0.717) is 30.4 Å². The molecule has 0 aromatic heterocycles. The molecule has 0 radical (unpaired) electrons. The maximum Gasteiger partial charge on any atom is 0.261 e. The molecule has 0 unspecified atom stereocenters. The fourth-order valence-corrected chi connectivity index (χ4v) is 3.53. The van der Waals surface area contributed by atoms with Gasteiger partial charge in [0.1, 0.15) is 11.5 Å². The van der Waals surface area contributed by atoms with Crippen LogP contribution in [0.25, 0.3) is 0 Å². The van der Waals surface area contributed by atoms with Gasteiger partial charge in [0, 0.05) is 16.6 Å². The summed E-state index contributed by atoms with van der Waals surface area (Å²) in [6, 6.07) is 23.0. The van der Waals surface area contributed by atoms with E-state index in [1.165, 1.54) is 5.56 Å². The van der Waals surface area contributed by atoms with Crippen molar-refractivity contribution in [1.82, 2.24) is 5.32 Å². The van der Waals surface area contributed by atoms with E-state index in [1.807, 2.05) is 48.5 Å². The Labute approximate surface area is 208 Å². The first-order valence-corrected chi connectivity index (χ1v) is 11.9. The number of halogens is 1. The Kier molecular flexibility index (Phi) is 9.27.